The van der Waals surface area contributed by atoms with E-state index in [2.05, 4.69) is 9.71 Å². The van der Waals surface area contributed by atoms with Crippen LogP contribution in [0.3, 0.4) is 0 Å². The Morgan fingerprint density at radius 1 is 1.33 bits per heavy atom. The van der Waals surface area contributed by atoms with Gasteiger partial charge < -0.3 is 0 Å². The van der Waals surface area contributed by atoms with Gasteiger partial charge in [-0.15, -0.1) is 11.3 Å². The van der Waals surface area contributed by atoms with Gasteiger partial charge in [0.1, 0.15) is 5.01 Å². The molecule has 5 nitrogen and oxygen atoms in total. The molecule has 0 atom stereocenters. The maximum atomic E-state index is 12.2. The topological polar surface area (TPSA) is 82.8 Å². The van der Waals surface area contributed by atoms with Crippen molar-refractivity contribution >= 4 is 21.4 Å². The van der Waals surface area contributed by atoms with E-state index < -0.39 is 10.0 Å². The Hall–Kier alpha value is -1.75. The van der Waals surface area contributed by atoms with Gasteiger partial charge in [0.05, 0.1) is 23.9 Å². The molecule has 7 heteroatoms. The molecule has 0 saturated carbocycles. The number of nitriles is 1. The lowest BCUT2D eigenvalue weighted by Gasteiger charge is -2.05. The predicted octanol–water partition coefficient (Wildman–Crippen LogP) is 2.25. The van der Waals surface area contributed by atoms with Crippen LogP contribution in [0.2, 0.25) is 0 Å². The Morgan fingerprint density at radius 2 is 2.05 bits per heavy atom. The molecule has 0 unspecified atom stereocenters. The van der Waals surface area contributed by atoms with Gasteiger partial charge in [0.15, 0.2) is 0 Å². The van der Waals surface area contributed by atoms with Gasteiger partial charge in [-0.05, 0) is 24.1 Å². The van der Waals surface area contributed by atoms with Crippen molar-refractivity contribution < 1.29 is 8.42 Å². The van der Waals surface area contributed by atoms with E-state index in [-0.39, 0.29) is 17.9 Å². The molecular weight excluding hydrogens is 306 g/mol. The molecule has 1 aromatic carbocycles. The Labute approximate surface area is 128 Å². The van der Waals surface area contributed by atoms with Gasteiger partial charge in [-0.3, -0.25) is 0 Å². The average Bonchev–Trinajstić information content (AvgIpc) is 2.94. The zero-order valence-electron chi connectivity index (χ0n) is 11.5. The van der Waals surface area contributed by atoms with Crippen LogP contribution in [0.5, 0.6) is 0 Å². The van der Waals surface area contributed by atoms with Gasteiger partial charge in [0, 0.05) is 11.1 Å². The van der Waals surface area contributed by atoms with E-state index >= 15 is 0 Å². The van der Waals surface area contributed by atoms with Crippen LogP contribution in [0.25, 0.3) is 0 Å². The van der Waals surface area contributed by atoms with Crippen molar-refractivity contribution in [2.24, 2.45) is 0 Å². The third kappa shape index (κ3) is 4.11. The third-order valence-electron chi connectivity index (χ3n) is 2.88. The summed E-state index contributed by atoms with van der Waals surface area (Å²) in [6.07, 6.45) is 2.93. The summed E-state index contributed by atoms with van der Waals surface area (Å²) >= 11 is 1.50. The molecule has 1 N–H and O–H groups in total. The molecule has 0 amide bonds. The standard InChI is InChI=1S/C14H15N3O2S2/c1-2-12-9-16-14(20-12)10-17-21(18,19)13-5-3-11(4-6-13)7-8-15/h3-6,9,17H,2,7,10H2,1H3. The lowest BCUT2D eigenvalue weighted by Crippen LogP contribution is -2.23. The number of sulfonamides is 1. The first-order valence-electron chi connectivity index (χ1n) is 6.44. The highest BCUT2D eigenvalue weighted by Crippen LogP contribution is 2.15. The van der Waals surface area contributed by atoms with Crippen molar-refractivity contribution in [3.63, 3.8) is 0 Å². The molecule has 2 rings (SSSR count). The van der Waals surface area contributed by atoms with Crippen LogP contribution in [0.4, 0.5) is 0 Å². The summed E-state index contributed by atoms with van der Waals surface area (Å²) in [7, 11) is -3.55. The molecule has 2 aromatic rings. The van der Waals surface area contributed by atoms with Crippen molar-refractivity contribution in [3.8, 4) is 6.07 Å². The SMILES string of the molecule is CCc1cnc(CNS(=O)(=O)c2ccc(CC#N)cc2)s1. The number of rotatable bonds is 6. The van der Waals surface area contributed by atoms with E-state index in [1.807, 2.05) is 13.0 Å². The third-order valence-corrected chi connectivity index (χ3v) is 5.44. The van der Waals surface area contributed by atoms with Gasteiger partial charge >= 0.3 is 0 Å². The molecule has 0 aliphatic heterocycles. The van der Waals surface area contributed by atoms with E-state index in [9.17, 15) is 8.42 Å². The van der Waals surface area contributed by atoms with Crippen LogP contribution in [-0.4, -0.2) is 13.4 Å². The van der Waals surface area contributed by atoms with Crippen LogP contribution < -0.4 is 4.72 Å². The van der Waals surface area contributed by atoms with Crippen molar-refractivity contribution in [3.05, 3.63) is 45.9 Å². The fourth-order valence-electron chi connectivity index (χ4n) is 1.71. The van der Waals surface area contributed by atoms with E-state index in [1.165, 1.54) is 23.5 Å². The molecule has 110 valence electrons. The number of hydrogen-bond donors (Lipinski definition) is 1. The van der Waals surface area contributed by atoms with E-state index in [0.717, 1.165) is 21.9 Å². The molecule has 0 radical (unpaired) electrons. The van der Waals surface area contributed by atoms with Crippen molar-refractivity contribution in [1.29, 1.82) is 5.26 Å². The fraction of sp³-hybridized carbons (Fsp3) is 0.286. The quantitative estimate of drug-likeness (QED) is 0.884. The molecular formula is C14H15N3O2S2. The lowest BCUT2D eigenvalue weighted by atomic mass is 10.2. The van der Waals surface area contributed by atoms with Gasteiger partial charge in [-0.2, -0.15) is 5.26 Å². The molecule has 1 aromatic heterocycles. The minimum atomic E-state index is -3.55. The van der Waals surface area contributed by atoms with Crippen LogP contribution in [0, 0.1) is 11.3 Å². The molecule has 0 fully saturated rings. The summed E-state index contributed by atoms with van der Waals surface area (Å²) in [6, 6.07) is 8.34. The smallest absolute Gasteiger partial charge is 0.240 e. The predicted molar refractivity (Wildman–Crippen MR) is 81.3 cm³/mol. The Morgan fingerprint density at radius 3 is 2.62 bits per heavy atom. The maximum Gasteiger partial charge on any atom is 0.240 e. The Balaban J connectivity index is 2.05. The number of aromatic nitrogens is 1. The van der Waals surface area contributed by atoms with Crippen molar-refractivity contribution in [2.75, 3.05) is 0 Å². The summed E-state index contributed by atoms with van der Waals surface area (Å²) in [5, 5.41) is 9.34. The summed E-state index contributed by atoms with van der Waals surface area (Å²) in [4.78, 5) is 5.50. The second kappa shape index (κ2) is 6.80. The normalized spacial score (nSPS) is 11.2. The Kier molecular flexibility index (Phi) is 5.07. The van der Waals surface area contributed by atoms with E-state index in [4.69, 9.17) is 5.26 Å². The lowest BCUT2D eigenvalue weighted by molar-refractivity contribution is 0.581. The number of hydrogen-bond acceptors (Lipinski definition) is 5. The average molecular weight is 321 g/mol. The summed E-state index contributed by atoms with van der Waals surface area (Å²) < 4.78 is 26.8. The number of nitrogens with zero attached hydrogens (tertiary/aromatic N) is 2. The minimum Gasteiger partial charge on any atom is -0.248 e. The molecule has 0 bridgehead atoms. The largest absolute Gasteiger partial charge is 0.248 e. The molecule has 0 aliphatic rings. The Bertz CT molecular complexity index is 743. The van der Waals surface area contributed by atoms with Crippen molar-refractivity contribution in [1.82, 2.24) is 9.71 Å². The highest BCUT2D eigenvalue weighted by Gasteiger charge is 2.14. The van der Waals surface area contributed by atoms with Gasteiger partial charge in [-0.25, -0.2) is 18.1 Å². The van der Waals surface area contributed by atoms with E-state index in [0.29, 0.717) is 0 Å². The molecule has 1 heterocycles. The highest BCUT2D eigenvalue weighted by atomic mass is 32.2. The van der Waals surface area contributed by atoms with Gasteiger partial charge in [0.2, 0.25) is 10.0 Å². The summed E-state index contributed by atoms with van der Waals surface area (Å²) in [6.45, 7) is 2.22. The van der Waals surface area contributed by atoms with E-state index in [1.54, 1.807) is 18.3 Å². The first-order valence-corrected chi connectivity index (χ1v) is 8.74. The number of nitrogens with one attached hydrogen (secondary N) is 1. The van der Waals surface area contributed by atoms with Crippen LogP contribution in [-0.2, 0) is 29.4 Å². The maximum absolute atomic E-state index is 12.2. The minimum absolute atomic E-state index is 0.187. The second-order valence-corrected chi connectivity index (χ2v) is 7.34. The molecule has 0 saturated heterocycles. The fourth-order valence-corrected chi connectivity index (χ4v) is 3.59. The monoisotopic (exact) mass is 321 g/mol. The molecule has 0 aliphatic carbocycles. The van der Waals surface area contributed by atoms with Crippen LogP contribution in [0.15, 0.2) is 35.4 Å². The molecule has 21 heavy (non-hydrogen) atoms. The van der Waals surface area contributed by atoms with Crippen molar-refractivity contribution in [2.45, 2.75) is 31.2 Å². The van der Waals surface area contributed by atoms with Gasteiger partial charge in [0.25, 0.3) is 0 Å². The number of thiazole rings is 1. The van der Waals surface area contributed by atoms with Crippen LogP contribution in [0.1, 0.15) is 22.4 Å². The molecule has 0 spiro atoms. The summed E-state index contributed by atoms with van der Waals surface area (Å²) in [5.74, 6) is 0. The first kappa shape index (κ1) is 15.6. The highest BCUT2D eigenvalue weighted by molar-refractivity contribution is 7.89. The zero-order valence-corrected chi connectivity index (χ0v) is 13.2. The second-order valence-electron chi connectivity index (χ2n) is 4.38. The number of benzene rings is 1. The van der Waals surface area contributed by atoms with Crippen LogP contribution >= 0.6 is 11.3 Å². The zero-order chi connectivity index (χ0) is 15.3. The summed E-state index contributed by atoms with van der Waals surface area (Å²) in [5.41, 5.74) is 0.795. The number of aryl methyl sites for hydroxylation is 1. The first-order chi connectivity index (χ1) is 10.0. The van der Waals surface area contributed by atoms with Gasteiger partial charge in [-0.1, -0.05) is 19.1 Å².